The van der Waals surface area contributed by atoms with Crippen molar-refractivity contribution in [2.24, 2.45) is 0 Å². The zero-order valence-corrected chi connectivity index (χ0v) is 81.2. The Morgan fingerprint density at radius 3 is 1.03 bits per heavy atom. The Morgan fingerprint density at radius 1 is 0.162 bits per heavy atom. The molecular formula is C141H92N6O. The monoisotopic (exact) mass is 1880 g/mol. The summed E-state index contributed by atoms with van der Waals surface area (Å²) in [5.74, 6) is 0. The van der Waals surface area contributed by atoms with Gasteiger partial charge < -0.3 is 31.8 Å². The second-order valence-electron chi connectivity index (χ2n) is 40.0. The highest BCUT2D eigenvalue weighted by molar-refractivity contribution is 6.30. The normalized spacial score (nSPS) is 12.4. The highest BCUT2D eigenvalue weighted by Crippen LogP contribution is 2.54. The van der Waals surface area contributed by atoms with Gasteiger partial charge in [0.15, 0.2) is 0 Å². The summed E-state index contributed by atoms with van der Waals surface area (Å²) >= 11 is 0. The van der Waals surface area contributed by atoms with E-state index in [2.05, 4.69) is 551 Å². The van der Waals surface area contributed by atoms with Gasteiger partial charge in [-0.25, -0.2) is 0 Å². The molecule has 0 N–H and O–H groups in total. The number of aromatic nitrogens is 6. The van der Waals surface area contributed by atoms with E-state index < -0.39 is 0 Å². The quantitative estimate of drug-likeness (QED) is 0.135. The van der Waals surface area contributed by atoms with Crippen LogP contribution in [0.4, 0.5) is 0 Å². The molecule has 0 unspecified atom stereocenters. The van der Waals surface area contributed by atoms with Gasteiger partial charge in [-0.3, -0.25) is 0 Å². The molecule has 0 radical (unpaired) electrons. The van der Waals surface area contributed by atoms with Gasteiger partial charge >= 0.3 is 0 Å². The number of fused-ring (bicyclic) bond motifs is 30. The topological polar surface area (TPSA) is 42.7 Å². The molecular weight excluding hydrogens is 1790 g/mol. The molecule has 0 atom stereocenters. The Kier molecular flexibility index (Phi) is 19.0. The molecule has 0 saturated heterocycles. The predicted octanol–water partition coefficient (Wildman–Crippen LogP) is 38.0. The van der Waals surface area contributed by atoms with Crippen molar-refractivity contribution in [1.29, 1.82) is 0 Å². The lowest BCUT2D eigenvalue weighted by atomic mass is 9.82. The molecule has 32 rings (SSSR count). The standard InChI is InChI=1S/C49H34N2.C46H28N2O.C46H30N2/c1-49(2)41-23-10-8-21-38(41)47-36(22-13-24-42(47)49)32-15-12-18-34(28-32)51-43-25-11-9-20-37(43)39-29-40-46(30-45(39)51)50(33-16-4-3-5-17-33)44-27-26-31-14-6-7-19-35(31)48(40)44;1-2-12-31(13-3-1)48-40-26-23-29-11-4-5-14-33(29)45(40)38-27-37-35-15-6-8-18-39(35)47(41(37)28-42(38)48)32-24-21-30(22-25-32)34-17-10-20-44-46(34)36-16-7-9-19-43(36)49-44;1-4-14-31(15-5-1)34-25-26-42(38(28-34)32-16-6-2-7-17-32)48-41-23-13-12-22-37(41)39-29-40-45(30-44(39)48)47(35-19-8-3-9-20-35)43-27-24-33-18-10-11-21-36(33)46(40)43/h3-30H,1-2H3;1-28H;1-30H. The van der Waals surface area contributed by atoms with Crippen LogP contribution in [-0.4, -0.2) is 27.4 Å². The molecule has 1 aliphatic rings. The van der Waals surface area contributed by atoms with Crippen LogP contribution in [0.25, 0.3) is 275 Å². The number of furan rings is 1. The van der Waals surface area contributed by atoms with E-state index in [0.717, 1.165) is 50.4 Å². The second-order valence-corrected chi connectivity index (χ2v) is 40.0. The van der Waals surface area contributed by atoms with Crippen LogP contribution in [0.2, 0.25) is 0 Å². The van der Waals surface area contributed by atoms with Crippen molar-refractivity contribution in [2.45, 2.75) is 19.3 Å². The molecule has 0 aliphatic heterocycles. The Bertz CT molecular complexity index is 10900. The first-order valence-corrected chi connectivity index (χ1v) is 51.2. The van der Waals surface area contributed by atoms with E-state index in [1.807, 2.05) is 12.1 Å². The van der Waals surface area contributed by atoms with E-state index in [4.69, 9.17) is 4.42 Å². The van der Waals surface area contributed by atoms with E-state index in [9.17, 15) is 0 Å². The van der Waals surface area contributed by atoms with Gasteiger partial charge in [0.2, 0.25) is 0 Å². The van der Waals surface area contributed by atoms with Crippen LogP contribution in [0.1, 0.15) is 25.0 Å². The highest BCUT2D eigenvalue weighted by Gasteiger charge is 2.37. The minimum Gasteiger partial charge on any atom is -0.456 e. The Labute approximate surface area is 852 Å². The number of hydrogen-bond acceptors (Lipinski definition) is 1. The first-order valence-electron chi connectivity index (χ1n) is 51.2. The summed E-state index contributed by atoms with van der Waals surface area (Å²) in [7, 11) is 0. The fourth-order valence-corrected chi connectivity index (χ4v) is 25.1. The van der Waals surface area contributed by atoms with E-state index in [1.54, 1.807) is 0 Å². The molecule has 0 bridgehead atoms. The maximum absolute atomic E-state index is 6.21. The number of para-hydroxylation sites is 7. The minimum absolute atomic E-state index is 0.0414. The minimum atomic E-state index is -0.0414. The lowest BCUT2D eigenvalue weighted by Gasteiger charge is -2.21. The van der Waals surface area contributed by atoms with Crippen molar-refractivity contribution in [3.8, 4) is 89.8 Å². The molecule has 7 nitrogen and oxygen atoms in total. The van der Waals surface area contributed by atoms with Gasteiger partial charge in [-0.1, -0.05) is 378 Å². The fraction of sp³-hybridized carbons (Fsp3) is 0.0213. The van der Waals surface area contributed by atoms with Crippen LogP contribution in [-0.2, 0) is 5.41 Å². The first kappa shape index (κ1) is 84.4. The van der Waals surface area contributed by atoms with Crippen LogP contribution in [0, 0.1) is 0 Å². The molecule has 0 spiro atoms. The van der Waals surface area contributed by atoms with E-state index >= 15 is 0 Å². The van der Waals surface area contributed by atoms with Crippen molar-refractivity contribution in [1.82, 2.24) is 27.4 Å². The van der Waals surface area contributed by atoms with Gasteiger partial charge in [-0.15, -0.1) is 0 Å². The van der Waals surface area contributed by atoms with Crippen LogP contribution in [0.15, 0.2) is 526 Å². The third kappa shape index (κ3) is 13.0. The predicted molar refractivity (Wildman–Crippen MR) is 624 cm³/mol. The van der Waals surface area contributed by atoms with Crippen molar-refractivity contribution in [2.75, 3.05) is 0 Å². The lowest BCUT2D eigenvalue weighted by Crippen LogP contribution is -2.14. The van der Waals surface area contributed by atoms with Crippen LogP contribution in [0.3, 0.4) is 0 Å². The molecule has 0 amide bonds. The maximum Gasteiger partial charge on any atom is 0.136 e. The van der Waals surface area contributed by atoms with Gasteiger partial charge in [0.25, 0.3) is 0 Å². The molecule has 7 heterocycles. The zero-order valence-electron chi connectivity index (χ0n) is 81.2. The number of benzene rings is 24. The Hall–Kier alpha value is -19.3. The molecule has 7 aromatic heterocycles. The summed E-state index contributed by atoms with van der Waals surface area (Å²) in [6.07, 6.45) is 0. The van der Waals surface area contributed by atoms with Crippen molar-refractivity contribution < 1.29 is 4.42 Å². The molecule has 31 aromatic rings. The summed E-state index contributed by atoms with van der Waals surface area (Å²) in [5, 5.41) is 25.1. The molecule has 148 heavy (non-hydrogen) atoms. The van der Waals surface area contributed by atoms with Crippen LogP contribution >= 0.6 is 0 Å². The average Bonchev–Trinajstić information content (AvgIpc) is 1.55. The highest BCUT2D eigenvalue weighted by atomic mass is 16.3. The van der Waals surface area contributed by atoms with E-state index in [0.29, 0.717) is 0 Å². The van der Waals surface area contributed by atoms with Crippen LogP contribution < -0.4 is 0 Å². The Morgan fingerprint density at radius 2 is 0.507 bits per heavy atom. The molecule has 24 aromatic carbocycles. The summed E-state index contributed by atoms with van der Waals surface area (Å²) < 4.78 is 20.9. The van der Waals surface area contributed by atoms with Gasteiger partial charge in [-0.2, -0.15) is 0 Å². The van der Waals surface area contributed by atoms with Crippen LogP contribution in [0.5, 0.6) is 0 Å². The fourth-order valence-electron chi connectivity index (χ4n) is 25.1. The molecule has 1 aliphatic carbocycles. The molecule has 0 fully saturated rings. The number of rotatable bonds is 10. The summed E-state index contributed by atoms with van der Waals surface area (Å²) in [6, 6.07) is 190. The maximum atomic E-state index is 6.21. The van der Waals surface area contributed by atoms with Crippen molar-refractivity contribution in [3.05, 3.63) is 533 Å². The van der Waals surface area contributed by atoms with Gasteiger partial charge in [0.1, 0.15) is 11.2 Å². The van der Waals surface area contributed by atoms with Crippen molar-refractivity contribution in [3.63, 3.8) is 0 Å². The Balaban J connectivity index is 0.000000102. The molecule has 0 saturated carbocycles. The van der Waals surface area contributed by atoms with E-state index in [-0.39, 0.29) is 5.41 Å². The lowest BCUT2D eigenvalue weighted by molar-refractivity contribution is 0.660. The second kappa shape index (κ2) is 33.4. The van der Waals surface area contributed by atoms with Gasteiger partial charge in [-0.05, 0) is 251 Å². The van der Waals surface area contributed by atoms with Gasteiger partial charge in [0.05, 0.1) is 71.9 Å². The summed E-state index contributed by atoms with van der Waals surface area (Å²) in [5.41, 5.74) is 38.4. The number of nitrogens with zero attached hydrogens (tertiary/aromatic N) is 6. The molecule has 692 valence electrons. The summed E-state index contributed by atoms with van der Waals surface area (Å²) in [6.45, 7) is 4.71. The third-order valence-corrected chi connectivity index (χ3v) is 31.7. The van der Waals surface area contributed by atoms with E-state index in [1.165, 1.54) is 236 Å². The van der Waals surface area contributed by atoms with Crippen molar-refractivity contribution >= 4 is 185 Å². The number of hydrogen-bond donors (Lipinski definition) is 0. The molecule has 7 heteroatoms. The largest absolute Gasteiger partial charge is 0.456 e. The summed E-state index contributed by atoms with van der Waals surface area (Å²) in [4.78, 5) is 0. The first-order chi connectivity index (χ1) is 73.2. The SMILES string of the molecule is CC1(C)c2ccccc2-c2c(-c3cccc(-n4c5ccccc5c5cc6c7c8ccccc8ccc7n(-c7ccccc7)c6cc54)c3)cccc21.c1ccc(-c2ccc(-n3c4ccccc4c4cc5c6c7ccccc7ccc6n(-c6ccccc6)c5cc43)c(-c3ccccc3)c2)cc1.c1ccc(-n2c3cc4c(cc3c3c5ccccc5ccc32)c2ccccc2n4-c2ccc(-c3cccc4oc5ccccc5c34)cc2)cc1. The third-order valence-electron chi connectivity index (χ3n) is 31.7. The van der Waals surface area contributed by atoms with Gasteiger partial charge in [0, 0.05) is 115 Å². The zero-order chi connectivity index (χ0) is 97.5. The average molecular weight is 1890 g/mol. The smallest absolute Gasteiger partial charge is 0.136 e.